The van der Waals surface area contributed by atoms with Gasteiger partial charge in [0.25, 0.3) is 6.43 Å². The van der Waals surface area contributed by atoms with Crippen molar-refractivity contribution < 1.29 is 18.7 Å². The number of carbonyl (C=O) groups is 1. The van der Waals surface area contributed by atoms with Gasteiger partial charge in [0.1, 0.15) is 5.69 Å². The molecule has 1 heterocycles. The first-order valence-electron chi connectivity index (χ1n) is 6.51. The Balaban J connectivity index is 2.23. The van der Waals surface area contributed by atoms with E-state index in [4.69, 9.17) is 5.11 Å². The van der Waals surface area contributed by atoms with Crippen LogP contribution >= 0.6 is 0 Å². The molecule has 106 valence electrons. The number of carboxylic acid groups (broad SMARTS) is 1. The fourth-order valence-electron chi connectivity index (χ4n) is 2.72. The zero-order valence-corrected chi connectivity index (χ0v) is 10.7. The van der Waals surface area contributed by atoms with E-state index in [0.717, 1.165) is 36.8 Å². The minimum absolute atomic E-state index is 0.160. The van der Waals surface area contributed by atoms with Crippen LogP contribution in [0.4, 0.5) is 8.78 Å². The summed E-state index contributed by atoms with van der Waals surface area (Å²) in [5, 5.41) is 15.9. The second-order valence-electron chi connectivity index (χ2n) is 4.96. The molecule has 2 rings (SSSR count). The molecule has 1 aliphatic rings. The standard InChI is InChI=1S/C12H17F2N3O2/c1-2-7-3-5-8(6-4-7)17-10(11(13)14)9(12(18)19)15-16-17/h7-8,11H,2-6H2,1H3,(H,18,19). The molecule has 1 aromatic rings. The number of hydrogen-bond donors (Lipinski definition) is 1. The Labute approximate surface area is 109 Å². The van der Waals surface area contributed by atoms with Crippen LogP contribution in [0.2, 0.25) is 0 Å². The summed E-state index contributed by atoms with van der Waals surface area (Å²) in [6.07, 6.45) is 1.65. The molecule has 1 saturated carbocycles. The summed E-state index contributed by atoms with van der Waals surface area (Å²) in [6, 6.07) is -0.160. The van der Waals surface area contributed by atoms with E-state index in [1.807, 2.05) is 0 Å². The van der Waals surface area contributed by atoms with Crippen LogP contribution in [-0.2, 0) is 0 Å². The average Bonchev–Trinajstić information content (AvgIpc) is 2.83. The Bertz CT molecular complexity index is 454. The number of hydrogen-bond acceptors (Lipinski definition) is 3. The van der Waals surface area contributed by atoms with E-state index < -0.39 is 23.8 Å². The van der Waals surface area contributed by atoms with Gasteiger partial charge >= 0.3 is 5.97 Å². The van der Waals surface area contributed by atoms with E-state index in [0.29, 0.717) is 5.92 Å². The normalized spacial score (nSPS) is 23.8. The highest BCUT2D eigenvalue weighted by Gasteiger charge is 2.31. The number of nitrogens with zero attached hydrogens (tertiary/aromatic N) is 3. The zero-order chi connectivity index (χ0) is 14.0. The molecule has 0 bridgehead atoms. The van der Waals surface area contributed by atoms with Gasteiger partial charge in [-0.25, -0.2) is 18.3 Å². The lowest BCUT2D eigenvalue weighted by molar-refractivity contribution is 0.0674. The van der Waals surface area contributed by atoms with Crippen molar-refractivity contribution in [2.45, 2.75) is 51.5 Å². The maximum absolute atomic E-state index is 13.0. The van der Waals surface area contributed by atoms with Gasteiger partial charge in [0.05, 0.1) is 6.04 Å². The lowest BCUT2D eigenvalue weighted by atomic mass is 9.84. The molecule has 7 heteroatoms. The Morgan fingerprint density at radius 3 is 2.53 bits per heavy atom. The van der Waals surface area contributed by atoms with Crippen LogP contribution in [0.25, 0.3) is 0 Å². The molecule has 0 amide bonds. The van der Waals surface area contributed by atoms with Crippen molar-refractivity contribution in [3.05, 3.63) is 11.4 Å². The summed E-state index contributed by atoms with van der Waals surface area (Å²) < 4.78 is 27.2. The van der Waals surface area contributed by atoms with Crippen LogP contribution in [-0.4, -0.2) is 26.1 Å². The molecule has 19 heavy (non-hydrogen) atoms. The first kappa shape index (κ1) is 13.9. The third-order valence-corrected chi connectivity index (χ3v) is 3.88. The van der Waals surface area contributed by atoms with Gasteiger partial charge in [0, 0.05) is 0 Å². The van der Waals surface area contributed by atoms with Crippen molar-refractivity contribution in [3.63, 3.8) is 0 Å². The van der Waals surface area contributed by atoms with E-state index in [2.05, 4.69) is 17.2 Å². The van der Waals surface area contributed by atoms with Crippen LogP contribution < -0.4 is 0 Å². The third kappa shape index (κ3) is 2.74. The molecular formula is C12H17F2N3O2. The molecule has 0 aromatic carbocycles. The number of aromatic nitrogens is 3. The Morgan fingerprint density at radius 2 is 2.05 bits per heavy atom. The number of carboxylic acids is 1. The van der Waals surface area contributed by atoms with E-state index in [1.165, 1.54) is 0 Å². The summed E-state index contributed by atoms with van der Waals surface area (Å²) in [5.74, 6) is -0.822. The summed E-state index contributed by atoms with van der Waals surface area (Å²) in [4.78, 5) is 10.9. The van der Waals surface area contributed by atoms with E-state index in [-0.39, 0.29) is 6.04 Å². The van der Waals surface area contributed by atoms with Gasteiger partial charge in [-0.1, -0.05) is 18.6 Å². The van der Waals surface area contributed by atoms with Gasteiger partial charge in [-0.3, -0.25) is 0 Å². The van der Waals surface area contributed by atoms with E-state index in [1.54, 1.807) is 0 Å². The smallest absolute Gasteiger partial charge is 0.358 e. The van der Waals surface area contributed by atoms with Crippen molar-refractivity contribution in [1.82, 2.24) is 15.0 Å². The predicted molar refractivity (Wildman–Crippen MR) is 63.2 cm³/mol. The molecule has 1 aromatic heterocycles. The van der Waals surface area contributed by atoms with Gasteiger partial charge in [0.15, 0.2) is 5.69 Å². The highest BCUT2D eigenvalue weighted by molar-refractivity contribution is 5.86. The lowest BCUT2D eigenvalue weighted by Gasteiger charge is -2.28. The maximum Gasteiger partial charge on any atom is 0.358 e. The molecule has 1 N–H and O–H groups in total. The van der Waals surface area contributed by atoms with Crippen molar-refractivity contribution in [1.29, 1.82) is 0 Å². The fraction of sp³-hybridized carbons (Fsp3) is 0.750. The zero-order valence-electron chi connectivity index (χ0n) is 10.7. The van der Waals surface area contributed by atoms with E-state index in [9.17, 15) is 13.6 Å². The highest BCUT2D eigenvalue weighted by Crippen LogP contribution is 2.35. The molecule has 5 nitrogen and oxygen atoms in total. The van der Waals surface area contributed by atoms with Gasteiger partial charge in [-0.2, -0.15) is 0 Å². The monoisotopic (exact) mass is 273 g/mol. The van der Waals surface area contributed by atoms with Crippen molar-refractivity contribution >= 4 is 5.97 Å². The molecule has 0 aliphatic heterocycles. The number of rotatable bonds is 4. The van der Waals surface area contributed by atoms with Gasteiger partial charge < -0.3 is 5.11 Å². The topological polar surface area (TPSA) is 68.0 Å². The molecule has 0 radical (unpaired) electrons. The summed E-state index contributed by atoms with van der Waals surface area (Å²) in [7, 11) is 0. The molecular weight excluding hydrogens is 256 g/mol. The van der Waals surface area contributed by atoms with Crippen molar-refractivity contribution in [3.8, 4) is 0 Å². The summed E-state index contributed by atoms with van der Waals surface area (Å²) in [5.41, 5.74) is -1.19. The Kier molecular flexibility index (Phi) is 4.11. The minimum Gasteiger partial charge on any atom is -0.476 e. The minimum atomic E-state index is -2.87. The number of aromatic carboxylic acids is 1. The van der Waals surface area contributed by atoms with Gasteiger partial charge in [-0.15, -0.1) is 5.10 Å². The SMILES string of the molecule is CCC1CCC(n2nnc(C(=O)O)c2C(F)F)CC1. The number of alkyl halides is 2. The maximum atomic E-state index is 13.0. The number of halogens is 2. The first-order chi connectivity index (χ1) is 9.04. The Hall–Kier alpha value is -1.53. The molecule has 0 unspecified atom stereocenters. The third-order valence-electron chi connectivity index (χ3n) is 3.88. The summed E-state index contributed by atoms with van der Waals surface area (Å²) >= 11 is 0. The van der Waals surface area contributed by atoms with Crippen LogP contribution in [0.3, 0.4) is 0 Å². The molecule has 0 spiro atoms. The van der Waals surface area contributed by atoms with Crippen molar-refractivity contribution in [2.75, 3.05) is 0 Å². The van der Waals surface area contributed by atoms with Crippen molar-refractivity contribution in [2.24, 2.45) is 5.92 Å². The second kappa shape index (κ2) is 5.63. The van der Waals surface area contributed by atoms with Gasteiger partial charge in [0.2, 0.25) is 0 Å². The molecule has 1 fully saturated rings. The molecule has 0 atom stereocenters. The molecule has 0 saturated heterocycles. The Morgan fingerprint density at radius 1 is 1.42 bits per heavy atom. The van der Waals surface area contributed by atoms with Crippen LogP contribution in [0.15, 0.2) is 0 Å². The average molecular weight is 273 g/mol. The molecule has 1 aliphatic carbocycles. The lowest BCUT2D eigenvalue weighted by Crippen LogP contribution is -2.21. The highest BCUT2D eigenvalue weighted by atomic mass is 19.3. The van der Waals surface area contributed by atoms with Crippen LogP contribution in [0.1, 0.15) is 67.7 Å². The second-order valence-corrected chi connectivity index (χ2v) is 4.96. The van der Waals surface area contributed by atoms with Gasteiger partial charge in [-0.05, 0) is 31.6 Å². The largest absolute Gasteiger partial charge is 0.476 e. The first-order valence-corrected chi connectivity index (χ1v) is 6.51. The van der Waals surface area contributed by atoms with Crippen LogP contribution in [0, 0.1) is 5.92 Å². The fourth-order valence-corrected chi connectivity index (χ4v) is 2.72. The summed E-state index contributed by atoms with van der Waals surface area (Å²) in [6.45, 7) is 2.12. The van der Waals surface area contributed by atoms with Crippen LogP contribution in [0.5, 0.6) is 0 Å². The quantitative estimate of drug-likeness (QED) is 0.915. The van der Waals surface area contributed by atoms with E-state index >= 15 is 0 Å². The predicted octanol–water partition coefficient (Wildman–Crippen LogP) is 3.06.